The fraction of sp³-hybridized carbons (Fsp3) is 0.909. The fourth-order valence-corrected chi connectivity index (χ4v) is 3.16. The van der Waals surface area contributed by atoms with Crippen LogP contribution in [-0.4, -0.2) is 17.0 Å². The quantitative estimate of drug-likeness (QED) is 0.620. The molecule has 2 fully saturated rings. The van der Waals surface area contributed by atoms with E-state index in [0.29, 0.717) is 30.1 Å². The van der Waals surface area contributed by atoms with Crippen LogP contribution in [0.3, 0.4) is 0 Å². The number of aliphatic hydroxyl groups excluding tert-OH is 1. The molecule has 2 aliphatic carbocycles. The lowest BCUT2D eigenvalue weighted by Gasteiger charge is -2.27. The maximum Gasteiger partial charge on any atom is 0.161 e. The molecule has 2 saturated carbocycles. The normalized spacial score (nSPS) is 43.3. The fourth-order valence-electron chi connectivity index (χ4n) is 3.16. The second-order valence-corrected chi connectivity index (χ2v) is 5.51. The minimum Gasteiger partial charge on any atom is -0.385 e. The van der Waals surface area contributed by atoms with E-state index in [1.165, 1.54) is 6.42 Å². The average molecular weight is 182 g/mol. The summed E-state index contributed by atoms with van der Waals surface area (Å²) < 4.78 is 0. The van der Waals surface area contributed by atoms with Crippen LogP contribution >= 0.6 is 0 Å². The van der Waals surface area contributed by atoms with Gasteiger partial charge in [0.05, 0.1) is 0 Å². The predicted molar refractivity (Wildman–Crippen MR) is 50.2 cm³/mol. The molecule has 1 N–H and O–H groups in total. The zero-order valence-corrected chi connectivity index (χ0v) is 8.42. The minimum absolute atomic E-state index is 0.0685. The van der Waals surface area contributed by atoms with Crippen molar-refractivity contribution in [1.29, 1.82) is 0 Å². The Hall–Kier alpha value is -0.370. The first kappa shape index (κ1) is 9.20. The number of hydrogen-bond donors (Lipinski definition) is 1. The molecule has 0 aromatic heterocycles. The molecule has 0 heterocycles. The molecule has 0 amide bonds. The summed E-state index contributed by atoms with van der Waals surface area (Å²) in [6.07, 6.45) is 3.02. The van der Waals surface area contributed by atoms with Crippen LogP contribution in [0, 0.1) is 17.3 Å². The lowest BCUT2D eigenvalue weighted by Crippen LogP contribution is -2.33. The van der Waals surface area contributed by atoms with Crippen molar-refractivity contribution in [3.05, 3.63) is 0 Å². The molecule has 0 aromatic carbocycles. The number of Topliss-reactive ketones (excluding diaryl/α,β-unsaturated/α-hetero) is 1. The number of aliphatic hydroxyl groups is 1. The van der Waals surface area contributed by atoms with Crippen molar-refractivity contribution < 1.29 is 9.90 Å². The Kier molecular flexibility index (Phi) is 1.99. The predicted octanol–water partition coefficient (Wildman–Crippen LogP) is 1.76. The highest BCUT2D eigenvalue weighted by Crippen LogP contribution is 2.50. The number of hydrogen-bond acceptors (Lipinski definition) is 2. The molecule has 2 aliphatic rings. The van der Waals surface area contributed by atoms with Gasteiger partial charge in [0.1, 0.15) is 6.10 Å². The van der Waals surface area contributed by atoms with Crippen molar-refractivity contribution in [2.24, 2.45) is 17.3 Å². The number of rotatable bonds is 0. The van der Waals surface area contributed by atoms with Crippen LogP contribution in [0.4, 0.5) is 0 Å². The summed E-state index contributed by atoms with van der Waals surface area (Å²) >= 11 is 0. The molecule has 0 spiro atoms. The molecule has 2 unspecified atom stereocenters. The Balaban J connectivity index is 2.10. The van der Waals surface area contributed by atoms with E-state index in [0.717, 1.165) is 6.42 Å². The maximum absolute atomic E-state index is 11.3. The van der Waals surface area contributed by atoms with Crippen LogP contribution < -0.4 is 0 Å². The molecule has 2 heteroatoms. The number of carbonyl (C=O) groups excluding carboxylic acids is 1. The number of fused-ring (bicyclic) bond motifs is 1. The molecular weight excluding hydrogens is 164 g/mol. The minimum atomic E-state index is -0.657. The third kappa shape index (κ3) is 1.64. The summed E-state index contributed by atoms with van der Waals surface area (Å²) in [4.78, 5) is 11.3. The van der Waals surface area contributed by atoms with E-state index in [1.807, 2.05) is 0 Å². The lowest BCUT2D eigenvalue weighted by atomic mass is 9.79. The molecule has 2 rings (SSSR count). The summed E-state index contributed by atoms with van der Waals surface area (Å²) in [7, 11) is 0. The molecule has 74 valence electrons. The third-order valence-electron chi connectivity index (χ3n) is 3.66. The van der Waals surface area contributed by atoms with Crippen LogP contribution in [0.2, 0.25) is 0 Å². The first-order valence-electron chi connectivity index (χ1n) is 5.19. The van der Waals surface area contributed by atoms with Crippen molar-refractivity contribution in [1.82, 2.24) is 0 Å². The zero-order chi connectivity index (χ0) is 9.64. The van der Waals surface area contributed by atoms with Gasteiger partial charge < -0.3 is 5.11 Å². The van der Waals surface area contributed by atoms with Gasteiger partial charge in [0.2, 0.25) is 0 Å². The highest BCUT2D eigenvalue weighted by molar-refractivity contribution is 5.83. The second kappa shape index (κ2) is 2.81. The Bertz CT molecular complexity index is 232. The number of carbonyl (C=O) groups is 1. The van der Waals surface area contributed by atoms with Crippen molar-refractivity contribution in [3.63, 3.8) is 0 Å². The molecule has 0 radical (unpaired) electrons. The molecular formula is C11H18O2. The van der Waals surface area contributed by atoms with Crippen molar-refractivity contribution in [3.8, 4) is 0 Å². The van der Waals surface area contributed by atoms with Gasteiger partial charge in [-0.2, -0.15) is 0 Å². The summed E-state index contributed by atoms with van der Waals surface area (Å²) in [5, 5.41) is 9.45. The first-order chi connectivity index (χ1) is 5.98. The molecule has 2 nitrogen and oxygen atoms in total. The Morgan fingerprint density at radius 1 is 1.31 bits per heavy atom. The van der Waals surface area contributed by atoms with Crippen molar-refractivity contribution in [2.45, 2.75) is 45.6 Å². The van der Waals surface area contributed by atoms with Gasteiger partial charge in [0.15, 0.2) is 5.78 Å². The Morgan fingerprint density at radius 3 is 2.62 bits per heavy atom. The van der Waals surface area contributed by atoms with E-state index in [9.17, 15) is 9.90 Å². The summed E-state index contributed by atoms with van der Waals surface area (Å²) in [5.74, 6) is 1.23. The smallest absolute Gasteiger partial charge is 0.161 e. The van der Waals surface area contributed by atoms with Crippen molar-refractivity contribution in [2.75, 3.05) is 0 Å². The molecule has 0 aliphatic heterocycles. The molecule has 0 aromatic rings. The van der Waals surface area contributed by atoms with Crippen LogP contribution in [0.1, 0.15) is 39.5 Å². The third-order valence-corrected chi connectivity index (χ3v) is 3.66. The maximum atomic E-state index is 11.3. The van der Waals surface area contributed by atoms with E-state index in [4.69, 9.17) is 0 Å². The van der Waals surface area contributed by atoms with Crippen LogP contribution in [0.5, 0.6) is 0 Å². The topological polar surface area (TPSA) is 37.3 Å². The largest absolute Gasteiger partial charge is 0.385 e. The van der Waals surface area contributed by atoms with Gasteiger partial charge in [0, 0.05) is 6.42 Å². The van der Waals surface area contributed by atoms with Crippen molar-refractivity contribution >= 4 is 5.78 Å². The lowest BCUT2D eigenvalue weighted by molar-refractivity contribution is -0.132. The summed E-state index contributed by atoms with van der Waals surface area (Å²) in [5.41, 5.74) is 0.389. The highest BCUT2D eigenvalue weighted by Gasteiger charge is 2.44. The average Bonchev–Trinajstić information content (AvgIpc) is 2.24. The van der Waals surface area contributed by atoms with E-state index < -0.39 is 6.10 Å². The van der Waals surface area contributed by atoms with Gasteiger partial charge in [-0.3, -0.25) is 4.79 Å². The highest BCUT2D eigenvalue weighted by atomic mass is 16.3. The zero-order valence-electron chi connectivity index (χ0n) is 8.42. The standard InChI is InChI=1S/C11H18O2/c1-11(2)5-7-3-9(12)10(13)4-8(7)6-11/h7-9,12H,3-6H2,1-2H3/t7?,8-,9?/m1/s1. The van der Waals surface area contributed by atoms with Gasteiger partial charge in [-0.1, -0.05) is 13.8 Å². The number of ketones is 1. The molecule has 13 heavy (non-hydrogen) atoms. The summed E-state index contributed by atoms with van der Waals surface area (Å²) in [6.45, 7) is 4.53. The molecule has 0 saturated heterocycles. The van der Waals surface area contributed by atoms with Gasteiger partial charge >= 0.3 is 0 Å². The van der Waals surface area contributed by atoms with Gasteiger partial charge in [-0.15, -0.1) is 0 Å². The molecule has 3 atom stereocenters. The summed E-state index contributed by atoms with van der Waals surface area (Å²) in [6, 6.07) is 0. The SMILES string of the molecule is CC1(C)CC2CC(O)C(=O)C[C@@H]2C1. The second-order valence-electron chi connectivity index (χ2n) is 5.51. The van der Waals surface area contributed by atoms with Gasteiger partial charge in [0.25, 0.3) is 0 Å². The van der Waals surface area contributed by atoms with Crippen LogP contribution in [-0.2, 0) is 4.79 Å². The van der Waals surface area contributed by atoms with E-state index in [2.05, 4.69) is 13.8 Å². The van der Waals surface area contributed by atoms with E-state index >= 15 is 0 Å². The van der Waals surface area contributed by atoms with Gasteiger partial charge in [-0.25, -0.2) is 0 Å². The van der Waals surface area contributed by atoms with E-state index in [1.54, 1.807) is 0 Å². The Morgan fingerprint density at radius 2 is 1.92 bits per heavy atom. The Labute approximate surface area is 79.3 Å². The monoisotopic (exact) mass is 182 g/mol. The van der Waals surface area contributed by atoms with Crippen LogP contribution in [0.15, 0.2) is 0 Å². The van der Waals surface area contributed by atoms with Crippen LogP contribution in [0.25, 0.3) is 0 Å². The first-order valence-corrected chi connectivity index (χ1v) is 5.19. The van der Waals surface area contributed by atoms with Gasteiger partial charge in [-0.05, 0) is 36.5 Å². The van der Waals surface area contributed by atoms with E-state index in [-0.39, 0.29) is 5.78 Å². The molecule has 0 bridgehead atoms.